The smallest absolute Gasteiger partial charge is 0.0244 e. The number of aryl methyl sites for hydroxylation is 1. The van der Waals surface area contributed by atoms with Gasteiger partial charge in [-0.2, -0.15) is 0 Å². The Morgan fingerprint density at radius 1 is 1.18 bits per heavy atom. The summed E-state index contributed by atoms with van der Waals surface area (Å²) in [5, 5.41) is 0. The second-order valence-electron chi connectivity index (χ2n) is 2.39. The van der Waals surface area contributed by atoms with E-state index in [9.17, 15) is 0 Å². The Kier molecular flexibility index (Phi) is 4.28. The van der Waals surface area contributed by atoms with Gasteiger partial charge in [-0.05, 0) is 22.5 Å². The lowest BCUT2D eigenvalue weighted by atomic mass is 10.1. The lowest BCUT2D eigenvalue weighted by Crippen LogP contribution is -1.80. The zero-order chi connectivity index (χ0) is 7.94. The molecule has 0 saturated carbocycles. The van der Waals surface area contributed by atoms with Crippen LogP contribution in [0.5, 0.6) is 0 Å². The Morgan fingerprint density at radius 2 is 1.91 bits per heavy atom. The highest BCUT2D eigenvalue weighted by atomic mass is 127. The Hall–Kier alpha value is -0.310. The molecule has 11 heavy (non-hydrogen) atoms. The van der Waals surface area contributed by atoms with Gasteiger partial charge in [-0.15, -0.1) is 0 Å². The van der Waals surface area contributed by atoms with E-state index in [0.717, 1.165) is 12.8 Å². The Morgan fingerprint density at radius 3 is 2.55 bits per heavy atom. The van der Waals surface area contributed by atoms with Crippen LogP contribution in [0.1, 0.15) is 12.0 Å². The molecule has 0 aromatic heterocycles. The van der Waals surface area contributed by atoms with Gasteiger partial charge in [0.05, 0.1) is 0 Å². The van der Waals surface area contributed by atoms with E-state index in [1.54, 1.807) is 0 Å². The van der Waals surface area contributed by atoms with Crippen LogP contribution in [0, 0.1) is 0 Å². The average molecular weight is 258 g/mol. The molecule has 58 valence electrons. The van der Waals surface area contributed by atoms with Crippen molar-refractivity contribution in [3.8, 4) is 0 Å². The van der Waals surface area contributed by atoms with E-state index < -0.39 is 0 Å². The average Bonchev–Trinajstić information content (AvgIpc) is 2.07. The summed E-state index contributed by atoms with van der Waals surface area (Å²) >= 11 is 2.25. The Labute approximate surface area is 81.5 Å². The summed E-state index contributed by atoms with van der Waals surface area (Å²) in [6.45, 7) is 0. The highest BCUT2D eigenvalue weighted by Crippen LogP contribution is 2.03. The van der Waals surface area contributed by atoms with Crippen molar-refractivity contribution in [3.63, 3.8) is 0 Å². The number of hydrogen-bond donors (Lipinski definition) is 0. The van der Waals surface area contributed by atoms with Gasteiger partial charge >= 0.3 is 0 Å². The number of hydrogen-bond acceptors (Lipinski definition) is 0. The lowest BCUT2D eigenvalue weighted by molar-refractivity contribution is 1.00. The van der Waals surface area contributed by atoms with Crippen molar-refractivity contribution in [3.05, 3.63) is 46.1 Å². The monoisotopic (exact) mass is 258 g/mol. The SMILES string of the molecule is I/C=C\CCc1ccccc1. The molecule has 0 radical (unpaired) electrons. The summed E-state index contributed by atoms with van der Waals surface area (Å²) in [5.41, 5.74) is 1.42. The van der Waals surface area contributed by atoms with Crippen molar-refractivity contribution in [2.45, 2.75) is 12.8 Å². The predicted molar refractivity (Wildman–Crippen MR) is 57.9 cm³/mol. The third kappa shape index (κ3) is 3.56. The minimum Gasteiger partial charge on any atom is -0.0781 e. The minimum atomic E-state index is 1.15. The standard InChI is InChI=1S/C10H11I/c11-9-5-4-8-10-6-2-1-3-7-10/h1-3,5-7,9H,4,8H2/b9-5-. The van der Waals surface area contributed by atoms with Gasteiger partial charge in [0.15, 0.2) is 0 Å². The van der Waals surface area contributed by atoms with Crippen LogP contribution in [0.4, 0.5) is 0 Å². The Balaban J connectivity index is 2.39. The van der Waals surface area contributed by atoms with Gasteiger partial charge in [0.25, 0.3) is 0 Å². The van der Waals surface area contributed by atoms with Gasteiger partial charge in [0, 0.05) is 0 Å². The van der Waals surface area contributed by atoms with Gasteiger partial charge in [-0.3, -0.25) is 0 Å². The first-order chi connectivity index (χ1) is 5.43. The van der Waals surface area contributed by atoms with Gasteiger partial charge in [0.1, 0.15) is 0 Å². The minimum absolute atomic E-state index is 1.15. The molecule has 0 heterocycles. The largest absolute Gasteiger partial charge is 0.0781 e. The number of allylic oxidation sites excluding steroid dienone is 1. The maximum Gasteiger partial charge on any atom is -0.0244 e. The third-order valence-electron chi connectivity index (χ3n) is 1.53. The molecule has 0 saturated heterocycles. The zero-order valence-corrected chi connectivity index (χ0v) is 8.49. The van der Waals surface area contributed by atoms with Crippen molar-refractivity contribution >= 4 is 22.6 Å². The van der Waals surface area contributed by atoms with E-state index in [0.29, 0.717) is 0 Å². The van der Waals surface area contributed by atoms with Crippen LogP contribution >= 0.6 is 22.6 Å². The second-order valence-corrected chi connectivity index (χ2v) is 3.11. The topological polar surface area (TPSA) is 0 Å². The summed E-state index contributed by atoms with van der Waals surface area (Å²) in [7, 11) is 0. The summed E-state index contributed by atoms with van der Waals surface area (Å²) < 4.78 is 2.07. The highest BCUT2D eigenvalue weighted by Gasteiger charge is 1.86. The van der Waals surface area contributed by atoms with E-state index in [4.69, 9.17) is 0 Å². The molecule has 0 nitrogen and oxygen atoms in total. The first kappa shape index (κ1) is 8.78. The van der Waals surface area contributed by atoms with E-state index in [-0.39, 0.29) is 0 Å². The molecule has 0 N–H and O–H groups in total. The fraction of sp³-hybridized carbons (Fsp3) is 0.200. The molecule has 0 bridgehead atoms. The van der Waals surface area contributed by atoms with Crippen LogP contribution in [-0.2, 0) is 6.42 Å². The molecule has 0 atom stereocenters. The predicted octanol–water partition coefficient (Wildman–Crippen LogP) is 3.57. The van der Waals surface area contributed by atoms with Crippen LogP contribution in [-0.4, -0.2) is 0 Å². The number of benzene rings is 1. The number of halogens is 1. The van der Waals surface area contributed by atoms with Gasteiger partial charge < -0.3 is 0 Å². The second kappa shape index (κ2) is 5.35. The Bertz CT molecular complexity index is 214. The van der Waals surface area contributed by atoms with Crippen molar-refractivity contribution in [2.75, 3.05) is 0 Å². The maximum atomic E-state index is 2.25. The first-order valence-corrected chi connectivity index (χ1v) is 4.97. The summed E-state index contributed by atoms with van der Waals surface area (Å²) in [4.78, 5) is 0. The fourth-order valence-electron chi connectivity index (χ4n) is 0.958. The molecule has 0 aliphatic carbocycles. The maximum absolute atomic E-state index is 2.25. The normalized spacial score (nSPS) is 10.6. The fourth-order valence-corrected chi connectivity index (χ4v) is 1.32. The molecule has 0 fully saturated rings. The van der Waals surface area contributed by atoms with Gasteiger partial charge in [0.2, 0.25) is 0 Å². The van der Waals surface area contributed by atoms with Crippen molar-refractivity contribution in [2.24, 2.45) is 0 Å². The summed E-state index contributed by atoms with van der Waals surface area (Å²) in [5.74, 6) is 0. The van der Waals surface area contributed by atoms with E-state index in [2.05, 4.69) is 63.1 Å². The molecular formula is C10H11I. The van der Waals surface area contributed by atoms with Gasteiger partial charge in [-0.1, -0.05) is 59.0 Å². The van der Waals surface area contributed by atoms with Crippen molar-refractivity contribution < 1.29 is 0 Å². The molecule has 1 rings (SSSR count). The summed E-state index contributed by atoms with van der Waals surface area (Å²) in [6, 6.07) is 10.6. The molecule has 0 spiro atoms. The molecular weight excluding hydrogens is 247 g/mol. The molecule has 0 unspecified atom stereocenters. The first-order valence-electron chi connectivity index (χ1n) is 3.72. The molecule has 0 amide bonds. The van der Waals surface area contributed by atoms with E-state index in [1.165, 1.54) is 5.56 Å². The quantitative estimate of drug-likeness (QED) is 0.727. The highest BCUT2D eigenvalue weighted by molar-refractivity contribution is 14.1. The van der Waals surface area contributed by atoms with Crippen LogP contribution < -0.4 is 0 Å². The zero-order valence-electron chi connectivity index (χ0n) is 6.33. The molecule has 1 aromatic carbocycles. The van der Waals surface area contributed by atoms with Crippen LogP contribution in [0.15, 0.2) is 40.5 Å². The molecule has 1 heteroatoms. The van der Waals surface area contributed by atoms with Crippen molar-refractivity contribution in [1.29, 1.82) is 0 Å². The molecule has 0 aliphatic heterocycles. The van der Waals surface area contributed by atoms with Crippen LogP contribution in [0.3, 0.4) is 0 Å². The van der Waals surface area contributed by atoms with Crippen LogP contribution in [0.25, 0.3) is 0 Å². The van der Waals surface area contributed by atoms with E-state index >= 15 is 0 Å². The van der Waals surface area contributed by atoms with E-state index in [1.807, 2.05) is 0 Å². The third-order valence-corrected chi connectivity index (χ3v) is 2.04. The van der Waals surface area contributed by atoms with Crippen molar-refractivity contribution in [1.82, 2.24) is 0 Å². The van der Waals surface area contributed by atoms with Gasteiger partial charge in [-0.25, -0.2) is 0 Å². The van der Waals surface area contributed by atoms with Crippen LogP contribution in [0.2, 0.25) is 0 Å². The number of rotatable bonds is 3. The lowest BCUT2D eigenvalue weighted by Gasteiger charge is -1.95. The molecule has 1 aromatic rings. The summed E-state index contributed by atoms with van der Waals surface area (Å²) in [6.07, 6.45) is 4.49. The molecule has 0 aliphatic rings.